The topological polar surface area (TPSA) is 57.6 Å². The van der Waals surface area contributed by atoms with Crippen molar-refractivity contribution in [3.8, 4) is 0 Å². The van der Waals surface area contributed by atoms with E-state index in [1.54, 1.807) is 11.8 Å². The zero-order valence-corrected chi connectivity index (χ0v) is 10.6. The van der Waals surface area contributed by atoms with Gasteiger partial charge in [0, 0.05) is 19.5 Å². The molecule has 0 radical (unpaired) electrons. The molecule has 92 valence electrons. The van der Waals surface area contributed by atoms with Crippen LogP contribution >= 0.6 is 11.8 Å². The van der Waals surface area contributed by atoms with Crippen LogP contribution in [0.4, 0.5) is 0 Å². The van der Waals surface area contributed by atoms with Crippen molar-refractivity contribution in [3.05, 3.63) is 0 Å². The maximum absolute atomic E-state index is 11.8. The number of nitrogens with zero attached hydrogens (tertiary/aromatic N) is 1. The summed E-state index contributed by atoms with van der Waals surface area (Å²) in [6, 6.07) is 0. The number of likely N-dealkylation sites (tertiary alicyclic amines) is 1. The summed E-state index contributed by atoms with van der Waals surface area (Å²) < 4.78 is 0. The minimum atomic E-state index is -0.734. The SMILES string of the molecule is CSC(C)C(=O)N1CCC(CC(=O)O)CC1. The molecule has 1 saturated heterocycles. The van der Waals surface area contributed by atoms with Crippen LogP contribution in [0.3, 0.4) is 0 Å². The summed E-state index contributed by atoms with van der Waals surface area (Å²) in [5.74, 6) is -0.310. The van der Waals surface area contributed by atoms with Gasteiger partial charge in [-0.3, -0.25) is 9.59 Å². The normalized spacial score (nSPS) is 19.5. The van der Waals surface area contributed by atoms with E-state index in [2.05, 4.69) is 0 Å². The van der Waals surface area contributed by atoms with E-state index < -0.39 is 5.97 Å². The second-order valence-corrected chi connectivity index (χ2v) is 5.42. The minimum absolute atomic E-state index is 0.0102. The summed E-state index contributed by atoms with van der Waals surface area (Å²) in [4.78, 5) is 24.3. The van der Waals surface area contributed by atoms with E-state index in [4.69, 9.17) is 5.11 Å². The monoisotopic (exact) mass is 245 g/mol. The van der Waals surface area contributed by atoms with E-state index >= 15 is 0 Å². The van der Waals surface area contributed by atoms with Gasteiger partial charge in [0.15, 0.2) is 0 Å². The number of thioether (sulfide) groups is 1. The van der Waals surface area contributed by atoms with Crippen molar-refractivity contribution < 1.29 is 14.7 Å². The molecule has 1 heterocycles. The summed E-state index contributed by atoms with van der Waals surface area (Å²) in [6.07, 6.45) is 3.80. The van der Waals surface area contributed by atoms with E-state index in [1.165, 1.54) is 0 Å². The number of carbonyl (C=O) groups excluding carboxylic acids is 1. The van der Waals surface area contributed by atoms with Gasteiger partial charge in [0.2, 0.25) is 5.91 Å². The fraction of sp³-hybridized carbons (Fsp3) is 0.818. The zero-order chi connectivity index (χ0) is 12.1. The molecule has 1 rings (SSSR count). The molecule has 16 heavy (non-hydrogen) atoms. The lowest BCUT2D eigenvalue weighted by Crippen LogP contribution is -2.42. The molecular formula is C11H19NO3S. The maximum Gasteiger partial charge on any atom is 0.303 e. The number of rotatable bonds is 4. The molecule has 0 bridgehead atoms. The third-order valence-corrected chi connectivity index (χ3v) is 4.00. The van der Waals surface area contributed by atoms with Crippen molar-refractivity contribution in [1.82, 2.24) is 4.90 Å². The van der Waals surface area contributed by atoms with E-state index in [-0.39, 0.29) is 23.5 Å². The predicted molar refractivity (Wildman–Crippen MR) is 64.5 cm³/mol. The van der Waals surface area contributed by atoms with Gasteiger partial charge in [-0.2, -0.15) is 11.8 Å². The Morgan fingerprint density at radius 1 is 1.44 bits per heavy atom. The highest BCUT2D eigenvalue weighted by molar-refractivity contribution is 7.99. The van der Waals surface area contributed by atoms with Gasteiger partial charge in [0.25, 0.3) is 0 Å². The second kappa shape index (κ2) is 6.13. The Morgan fingerprint density at radius 3 is 2.44 bits per heavy atom. The number of hydrogen-bond donors (Lipinski definition) is 1. The molecule has 1 fully saturated rings. The average Bonchev–Trinajstić information content (AvgIpc) is 2.27. The van der Waals surface area contributed by atoms with Crippen molar-refractivity contribution in [3.63, 3.8) is 0 Å². The van der Waals surface area contributed by atoms with Crippen LogP contribution in [0.15, 0.2) is 0 Å². The fourth-order valence-corrected chi connectivity index (χ4v) is 2.31. The van der Waals surface area contributed by atoms with Crippen LogP contribution in [0.5, 0.6) is 0 Å². The van der Waals surface area contributed by atoms with Crippen molar-refractivity contribution in [2.75, 3.05) is 19.3 Å². The highest BCUT2D eigenvalue weighted by atomic mass is 32.2. The number of carbonyl (C=O) groups is 2. The minimum Gasteiger partial charge on any atom is -0.481 e. The second-order valence-electron chi connectivity index (χ2n) is 4.24. The number of aliphatic carboxylic acids is 1. The van der Waals surface area contributed by atoms with Crippen LogP contribution in [0.25, 0.3) is 0 Å². The molecule has 0 spiro atoms. The molecule has 0 aromatic heterocycles. The predicted octanol–water partition coefficient (Wildman–Crippen LogP) is 1.45. The van der Waals surface area contributed by atoms with Crippen molar-refractivity contribution in [1.29, 1.82) is 0 Å². The third-order valence-electron chi connectivity index (χ3n) is 3.09. The standard InChI is InChI=1S/C11H19NO3S/c1-8(16-2)11(15)12-5-3-9(4-6-12)7-10(13)14/h8-9H,3-7H2,1-2H3,(H,13,14). The lowest BCUT2D eigenvalue weighted by molar-refractivity contribution is -0.138. The number of amides is 1. The average molecular weight is 245 g/mol. The van der Waals surface area contributed by atoms with Crippen LogP contribution in [0.1, 0.15) is 26.2 Å². The lowest BCUT2D eigenvalue weighted by Gasteiger charge is -2.32. The van der Waals surface area contributed by atoms with Gasteiger partial charge in [-0.1, -0.05) is 0 Å². The van der Waals surface area contributed by atoms with Crippen LogP contribution < -0.4 is 0 Å². The van der Waals surface area contributed by atoms with Gasteiger partial charge < -0.3 is 10.0 Å². The van der Waals surface area contributed by atoms with E-state index in [0.717, 1.165) is 12.8 Å². The molecule has 1 unspecified atom stereocenters. The van der Waals surface area contributed by atoms with Gasteiger partial charge in [-0.25, -0.2) is 0 Å². The Balaban J connectivity index is 2.37. The van der Waals surface area contributed by atoms with Crippen LogP contribution in [-0.4, -0.2) is 46.5 Å². The first-order valence-corrected chi connectivity index (χ1v) is 6.86. The number of carboxylic acid groups (broad SMARTS) is 1. The van der Waals surface area contributed by atoms with Gasteiger partial charge in [0.1, 0.15) is 0 Å². The van der Waals surface area contributed by atoms with Gasteiger partial charge in [-0.15, -0.1) is 0 Å². The summed E-state index contributed by atoms with van der Waals surface area (Å²) in [7, 11) is 0. The van der Waals surface area contributed by atoms with E-state index in [1.807, 2.05) is 18.1 Å². The Bertz CT molecular complexity index is 262. The quantitative estimate of drug-likeness (QED) is 0.814. The molecule has 1 aliphatic heterocycles. The molecule has 1 N–H and O–H groups in total. The Kier molecular flexibility index (Phi) is 5.12. The Hall–Kier alpha value is -0.710. The molecule has 5 heteroatoms. The van der Waals surface area contributed by atoms with Crippen LogP contribution in [0, 0.1) is 5.92 Å². The molecule has 1 amide bonds. The molecule has 0 saturated carbocycles. The summed E-state index contributed by atoms with van der Waals surface area (Å²) in [5.41, 5.74) is 0. The van der Waals surface area contributed by atoms with Crippen molar-refractivity contribution >= 4 is 23.6 Å². The first-order valence-electron chi connectivity index (χ1n) is 5.58. The maximum atomic E-state index is 11.8. The first-order chi connectivity index (χ1) is 7.54. The highest BCUT2D eigenvalue weighted by Crippen LogP contribution is 2.22. The Morgan fingerprint density at radius 2 is 2.00 bits per heavy atom. The molecule has 0 aliphatic carbocycles. The zero-order valence-electron chi connectivity index (χ0n) is 9.81. The number of piperidine rings is 1. The third kappa shape index (κ3) is 3.70. The number of carboxylic acids is 1. The first kappa shape index (κ1) is 13.4. The van der Waals surface area contributed by atoms with Gasteiger partial charge >= 0.3 is 5.97 Å². The van der Waals surface area contributed by atoms with Crippen LogP contribution in [-0.2, 0) is 9.59 Å². The molecule has 4 nitrogen and oxygen atoms in total. The molecule has 1 atom stereocenters. The molecule has 0 aromatic carbocycles. The highest BCUT2D eigenvalue weighted by Gasteiger charge is 2.26. The summed E-state index contributed by atoms with van der Waals surface area (Å²) in [6.45, 7) is 3.33. The molecule has 0 aromatic rings. The van der Waals surface area contributed by atoms with E-state index in [9.17, 15) is 9.59 Å². The summed E-state index contributed by atoms with van der Waals surface area (Å²) in [5, 5.41) is 8.69. The summed E-state index contributed by atoms with van der Waals surface area (Å²) >= 11 is 1.55. The number of hydrogen-bond acceptors (Lipinski definition) is 3. The van der Waals surface area contributed by atoms with Gasteiger partial charge in [0.05, 0.1) is 5.25 Å². The smallest absolute Gasteiger partial charge is 0.303 e. The van der Waals surface area contributed by atoms with Crippen molar-refractivity contribution in [2.45, 2.75) is 31.4 Å². The largest absolute Gasteiger partial charge is 0.481 e. The molecular weight excluding hydrogens is 226 g/mol. The van der Waals surface area contributed by atoms with Crippen molar-refractivity contribution in [2.24, 2.45) is 5.92 Å². The van der Waals surface area contributed by atoms with E-state index in [0.29, 0.717) is 13.1 Å². The fourth-order valence-electron chi connectivity index (χ4n) is 1.96. The Labute approximate surface area is 100 Å². The van der Waals surface area contributed by atoms with Gasteiger partial charge in [-0.05, 0) is 31.9 Å². The molecule has 1 aliphatic rings. The van der Waals surface area contributed by atoms with Crippen LogP contribution in [0.2, 0.25) is 0 Å². The lowest BCUT2D eigenvalue weighted by atomic mass is 9.93.